The number of aromatic nitrogens is 2. The number of nitrogens with zero attached hydrogens (tertiary/aromatic N) is 2. The van der Waals surface area contributed by atoms with Gasteiger partial charge in [-0.2, -0.15) is 0 Å². The highest BCUT2D eigenvalue weighted by Gasteiger charge is 2.37. The molecule has 2 aromatic heterocycles. The maximum Gasteiger partial charge on any atom is 0.272 e. The molecule has 0 saturated heterocycles. The van der Waals surface area contributed by atoms with E-state index < -0.39 is 5.54 Å². The van der Waals surface area contributed by atoms with Crippen molar-refractivity contribution in [1.82, 2.24) is 14.5 Å². The van der Waals surface area contributed by atoms with Crippen molar-refractivity contribution in [1.29, 1.82) is 0 Å². The molecule has 2 N–H and O–H groups in total. The monoisotopic (exact) mass is 483 g/mol. The Labute approximate surface area is 204 Å². The van der Waals surface area contributed by atoms with Gasteiger partial charge in [-0.3, -0.25) is 14.2 Å². The van der Waals surface area contributed by atoms with Gasteiger partial charge in [0.25, 0.3) is 11.5 Å². The van der Waals surface area contributed by atoms with Gasteiger partial charge in [-0.1, -0.05) is 26.2 Å². The number of hydrogen-bond acceptors (Lipinski definition) is 4. The number of aliphatic hydroxyl groups excluding tert-OH is 1. The molecule has 8 heteroatoms. The first-order valence-corrected chi connectivity index (χ1v) is 12.3. The lowest BCUT2D eigenvalue weighted by atomic mass is 9.98. The average Bonchev–Trinajstić information content (AvgIpc) is 3.38. The Balaban J connectivity index is 1.97. The second-order valence-corrected chi connectivity index (χ2v) is 9.77. The van der Waals surface area contributed by atoms with Gasteiger partial charge >= 0.3 is 0 Å². The predicted octanol–water partition coefficient (Wildman–Crippen LogP) is 4.24. The van der Waals surface area contributed by atoms with Crippen molar-refractivity contribution in [2.24, 2.45) is 7.05 Å². The number of amides is 1. The van der Waals surface area contributed by atoms with Crippen molar-refractivity contribution >= 4 is 16.8 Å². The van der Waals surface area contributed by atoms with Crippen molar-refractivity contribution in [3.63, 3.8) is 0 Å². The highest BCUT2D eigenvalue weighted by molar-refractivity contribution is 6.04. The van der Waals surface area contributed by atoms with Crippen LogP contribution in [-0.4, -0.2) is 38.4 Å². The van der Waals surface area contributed by atoms with E-state index in [-0.39, 0.29) is 41.4 Å². The first-order chi connectivity index (χ1) is 16.7. The summed E-state index contributed by atoms with van der Waals surface area (Å²) >= 11 is 0. The van der Waals surface area contributed by atoms with E-state index in [0.717, 1.165) is 25.0 Å². The molecular weight excluding hydrogens is 449 g/mol. The fourth-order valence-electron chi connectivity index (χ4n) is 5.11. The first-order valence-electron chi connectivity index (χ1n) is 12.3. The van der Waals surface area contributed by atoms with Gasteiger partial charge in [0.15, 0.2) is 11.4 Å². The average molecular weight is 484 g/mol. The minimum absolute atomic E-state index is 0.138. The number of hydrogen-bond donors (Lipinski definition) is 2. The summed E-state index contributed by atoms with van der Waals surface area (Å²) in [7, 11) is 1.75. The van der Waals surface area contributed by atoms with E-state index in [1.807, 2.05) is 26.8 Å². The van der Waals surface area contributed by atoms with Crippen molar-refractivity contribution in [3.05, 3.63) is 57.9 Å². The van der Waals surface area contributed by atoms with Crippen LogP contribution in [0.2, 0.25) is 0 Å². The highest BCUT2D eigenvalue weighted by Crippen LogP contribution is 2.35. The third-order valence-electron chi connectivity index (χ3n) is 6.80. The van der Waals surface area contributed by atoms with E-state index >= 15 is 0 Å². The Morgan fingerprint density at radius 3 is 2.46 bits per heavy atom. The number of nitrogens with one attached hydrogen (secondary N) is 1. The molecule has 188 valence electrons. The molecule has 3 aromatic rings. The van der Waals surface area contributed by atoms with E-state index in [9.17, 15) is 19.1 Å². The summed E-state index contributed by atoms with van der Waals surface area (Å²) in [5.74, 6) is -0.530. The Bertz CT molecular complexity index is 1280. The van der Waals surface area contributed by atoms with Crippen LogP contribution in [0.15, 0.2) is 35.1 Å². The highest BCUT2D eigenvalue weighted by atomic mass is 19.1. The second-order valence-electron chi connectivity index (χ2n) is 9.77. The summed E-state index contributed by atoms with van der Waals surface area (Å²) in [6.07, 6.45) is 4.44. The van der Waals surface area contributed by atoms with Crippen molar-refractivity contribution < 1.29 is 19.0 Å². The van der Waals surface area contributed by atoms with Crippen LogP contribution in [0, 0.1) is 5.82 Å². The van der Waals surface area contributed by atoms with Crippen LogP contribution in [0.5, 0.6) is 5.75 Å². The Morgan fingerprint density at radius 1 is 1.23 bits per heavy atom. The predicted molar refractivity (Wildman–Crippen MR) is 134 cm³/mol. The fraction of sp³-hybridized carbons (Fsp3) is 0.481. The Kier molecular flexibility index (Phi) is 7.03. The number of aliphatic hydroxyl groups is 1. The molecule has 1 amide bonds. The molecule has 0 unspecified atom stereocenters. The van der Waals surface area contributed by atoms with Crippen LogP contribution < -0.4 is 15.6 Å². The number of benzene rings is 1. The van der Waals surface area contributed by atoms with E-state index in [1.54, 1.807) is 28.3 Å². The maximum atomic E-state index is 14.0. The van der Waals surface area contributed by atoms with Gasteiger partial charge in [-0.25, -0.2) is 4.39 Å². The molecule has 0 bridgehead atoms. The van der Waals surface area contributed by atoms with Crippen LogP contribution in [0.3, 0.4) is 0 Å². The minimum Gasteiger partial charge on any atom is -0.488 e. The van der Waals surface area contributed by atoms with Crippen LogP contribution in [0.25, 0.3) is 16.6 Å². The van der Waals surface area contributed by atoms with Crippen molar-refractivity contribution in [2.75, 3.05) is 6.61 Å². The Hall–Kier alpha value is -3.13. The number of carbonyl (C=O) groups excluding carboxylic acids is 1. The number of carbonyl (C=O) groups is 1. The van der Waals surface area contributed by atoms with Gasteiger partial charge in [0, 0.05) is 18.4 Å². The standard InChI is InChI=1S/C27H34FN3O4/c1-5-8-20-15-21-22(26(34)31(20)19-11-9-18(28)10-12-19)24(35-17(2)3)23(30(21)4)25(33)29-27(16-32)13-6-7-14-27/h9-12,15,17,32H,5-8,13-14,16H2,1-4H3,(H,29,33). The molecule has 1 saturated carbocycles. The third-order valence-corrected chi connectivity index (χ3v) is 6.80. The summed E-state index contributed by atoms with van der Waals surface area (Å²) in [6.45, 7) is 5.57. The molecule has 35 heavy (non-hydrogen) atoms. The van der Waals surface area contributed by atoms with Gasteiger partial charge in [0.2, 0.25) is 0 Å². The van der Waals surface area contributed by atoms with Gasteiger partial charge in [0.05, 0.1) is 23.8 Å². The van der Waals surface area contributed by atoms with Crippen LogP contribution in [0.4, 0.5) is 4.39 Å². The SMILES string of the molecule is CCCc1cc2c(c(OC(C)C)c(C(=O)NC3(CO)CCCC3)n2C)c(=O)n1-c1ccc(F)cc1. The van der Waals surface area contributed by atoms with Crippen LogP contribution >= 0.6 is 0 Å². The first kappa shape index (κ1) is 25.0. The van der Waals surface area contributed by atoms with E-state index in [1.165, 1.54) is 12.1 Å². The molecular formula is C27H34FN3O4. The lowest BCUT2D eigenvalue weighted by Gasteiger charge is -2.28. The van der Waals surface area contributed by atoms with Crippen molar-refractivity contribution in [3.8, 4) is 11.4 Å². The Morgan fingerprint density at radius 2 is 1.89 bits per heavy atom. The lowest BCUT2D eigenvalue weighted by Crippen LogP contribution is -2.49. The third kappa shape index (κ3) is 4.59. The zero-order valence-electron chi connectivity index (χ0n) is 20.9. The van der Waals surface area contributed by atoms with Gasteiger partial charge in [-0.15, -0.1) is 0 Å². The minimum atomic E-state index is -0.662. The smallest absolute Gasteiger partial charge is 0.272 e. The molecule has 1 aliphatic carbocycles. The van der Waals surface area contributed by atoms with Crippen molar-refractivity contribution in [2.45, 2.75) is 70.9 Å². The molecule has 4 rings (SSSR count). The maximum absolute atomic E-state index is 14.0. The summed E-state index contributed by atoms with van der Waals surface area (Å²) in [4.78, 5) is 27.6. The number of fused-ring (bicyclic) bond motifs is 1. The zero-order chi connectivity index (χ0) is 25.3. The van der Waals surface area contributed by atoms with Gasteiger partial charge < -0.3 is 19.7 Å². The molecule has 0 radical (unpaired) electrons. The van der Waals surface area contributed by atoms with E-state index in [0.29, 0.717) is 35.9 Å². The molecule has 0 atom stereocenters. The number of halogens is 1. The molecule has 0 aliphatic heterocycles. The zero-order valence-corrected chi connectivity index (χ0v) is 20.9. The normalized spacial score (nSPS) is 15.2. The summed E-state index contributed by atoms with van der Waals surface area (Å²) in [6, 6.07) is 7.71. The number of aryl methyl sites for hydroxylation is 2. The molecule has 1 fully saturated rings. The fourth-order valence-corrected chi connectivity index (χ4v) is 5.11. The topological polar surface area (TPSA) is 85.5 Å². The van der Waals surface area contributed by atoms with Gasteiger partial charge in [-0.05, 0) is 63.4 Å². The summed E-state index contributed by atoms with van der Waals surface area (Å²) < 4.78 is 23.0. The number of pyridine rings is 1. The van der Waals surface area contributed by atoms with E-state index in [2.05, 4.69) is 5.32 Å². The molecule has 1 aliphatic rings. The lowest BCUT2D eigenvalue weighted by molar-refractivity contribution is 0.0825. The molecule has 1 aromatic carbocycles. The summed E-state index contributed by atoms with van der Waals surface area (Å²) in [5.41, 5.74) is 1.19. The molecule has 2 heterocycles. The molecule has 7 nitrogen and oxygen atoms in total. The van der Waals surface area contributed by atoms with E-state index in [4.69, 9.17) is 4.74 Å². The summed E-state index contributed by atoms with van der Waals surface area (Å²) in [5, 5.41) is 13.4. The largest absolute Gasteiger partial charge is 0.488 e. The second kappa shape index (κ2) is 9.85. The van der Waals surface area contributed by atoms with Crippen LogP contribution in [0.1, 0.15) is 69.1 Å². The van der Waals surface area contributed by atoms with Crippen LogP contribution in [-0.2, 0) is 13.5 Å². The van der Waals surface area contributed by atoms with Gasteiger partial charge in [0.1, 0.15) is 11.2 Å². The number of rotatable bonds is 8. The quantitative estimate of drug-likeness (QED) is 0.502. The molecule has 0 spiro atoms. The number of ether oxygens (including phenoxy) is 1.